The number of aromatic carboxylic acids is 1. The van der Waals surface area contributed by atoms with Crippen LogP contribution in [0.2, 0.25) is 0 Å². The van der Waals surface area contributed by atoms with Gasteiger partial charge in [0.05, 0.1) is 11.1 Å². The van der Waals surface area contributed by atoms with Crippen molar-refractivity contribution in [1.82, 2.24) is 0 Å². The molecule has 1 aromatic heterocycles. The molecule has 4 nitrogen and oxygen atoms in total. The Bertz CT molecular complexity index is 970. The number of carbonyl (C=O) groups is 2. The van der Waals surface area contributed by atoms with Crippen molar-refractivity contribution in [3.63, 3.8) is 0 Å². The van der Waals surface area contributed by atoms with Crippen molar-refractivity contribution >= 4 is 34.3 Å². The van der Waals surface area contributed by atoms with Crippen molar-refractivity contribution in [3.05, 3.63) is 70.5 Å². The number of benzene rings is 2. The van der Waals surface area contributed by atoms with Crippen molar-refractivity contribution in [2.75, 3.05) is 5.88 Å². The predicted octanol–water partition coefficient (Wildman–Crippen LogP) is 5.49. The van der Waals surface area contributed by atoms with Gasteiger partial charge in [0.15, 0.2) is 5.78 Å². The van der Waals surface area contributed by atoms with Crippen molar-refractivity contribution in [1.29, 1.82) is 0 Å². The molecule has 0 spiro atoms. The topological polar surface area (TPSA) is 67.5 Å². The van der Waals surface area contributed by atoms with Crippen molar-refractivity contribution < 1.29 is 19.1 Å². The van der Waals surface area contributed by atoms with Gasteiger partial charge in [-0.25, -0.2) is 4.79 Å². The van der Waals surface area contributed by atoms with Gasteiger partial charge in [0.25, 0.3) is 0 Å². The van der Waals surface area contributed by atoms with Crippen molar-refractivity contribution in [2.24, 2.45) is 0 Å². The number of unbranched alkanes of at least 4 members (excludes halogenated alkanes) is 1. The lowest BCUT2D eigenvalue weighted by atomic mass is 9.96. The standard InChI is InChI=1S/C22H21ClO4/c1-2-3-4-19-20(17-13-16(22(25)26)9-10-18(17)27-19)21(24)15-7-5-14(6-8-15)11-12-23/h5-10,13H,2-4,11-12H2,1H3,(H,25,26). The van der Waals surface area contributed by atoms with Crippen LogP contribution in [-0.4, -0.2) is 22.7 Å². The molecule has 0 fully saturated rings. The van der Waals surface area contributed by atoms with Crippen molar-refractivity contribution in [3.8, 4) is 0 Å². The molecule has 0 saturated heterocycles. The molecule has 3 aromatic rings. The third kappa shape index (κ3) is 4.06. The number of hydrogen-bond acceptors (Lipinski definition) is 3. The van der Waals surface area contributed by atoms with E-state index >= 15 is 0 Å². The number of carbonyl (C=O) groups excluding carboxylic acids is 1. The maximum absolute atomic E-state index is 13.2. The Hall–Kier alpha value is -2.59. The summed E-state index contributed by atoms with van der Waals surface area (Å²) >= 11 is 5.77. The van der Waals surface area contributed by atoms with Gasteiger partial charge >= 0.3 is 5.97 Å². The summed E-state index contributed by atoms with van der Waals surface area (Å²) in [6.45, 7) is 2.07. The second-order valence-corrected chi connectivity index (χ2v) is 6.86. The number of carboxylic acid groups (broad SMARTS) is 1. The fourth-order valence-corrected chi connectivity index (χ4v) is 3.34. The van der Waals surface area contributed by atoms with E-state index in [4.69, 9.17) is 16.0 Å². The lowest BCUT2D eigenvalue weighted by molar-refractivity contribution is 0.0696. The van der Waals surface area contributed by atoms with Gasteiger partial charge in [0.1, 0.15) is 11.3 Å². The van der Waals surface area contributed by atoms with E-state index in [-0.39, 0.29) is 11.3 Å². The summed E-state index contributed by atoms with van der Waals surface area (Å²) in [6.07, 6.45) is 3.24. The van der Waals surface area contributed by atoms with Crippen LogP contribution < -0.4 is 0 Å². The molecule has 0 amide bonds. The Labute approximate surface area is 162 Å². The number of halogens is 1. The SMILES string of the molecule is CCCCc1oc2ccc(C(=O)O)cc2c1C(=O)c1ccc(CCCl)cc1. The number of carboxylic acids is 1. The fraction of sp³-hybridized carbons (Fsp3) is 0.273. The van der Waals surface area contributed by atoms with E-state index in [0.717, 1.165) is 24.8 Å². The smallest absolute Gasteiger partial charge is 0.335 e. The van der Waals surface area contributed by atoms with E-state index in [1.165, 1.54) is 12.1 Å². The first-order valence-corrected chi connectivity index (χ1v) is 9.57. The van der Waals surface area contributed by atoms with Crippen LogP contribution in [0, 0.1) is 0 Å². The molecule has 1 N–H and O–H groups in total. The summed E-state index contributed by atoms with van der Waals surface area (Å²) in [5, 5.41) is 9.85. The van der Waals surface area contributed by atoms with Gasteiger partial charge in [-0.3, -0.25) is 4.79 Å². The highest BCUT2D eigenvalue weighted by Gasteiger charge is 2.22. The van der Waals surface area contributed by atoms with E-state index in [0.29, 0.717) is 40.2 Å². The van der Waals surface area contributed by atoms with E-state index in [1.54, 1.807) is 18.2 Å². The maximum atomic E-state index is 13.2. The number of furan rings is 1. The number of aryl methyl sites for hydroxylation is 2. The second-order valence-electron chi connectivity index (χ2n) is 6.48. The van der Waals surface area contributed by atoms with Crippen LogP contribution in [0.25, 0.3) is 11.0 Å². The molecule has 5 heteroatoms. The molecule has 0 radical (unpaired) electrons. The highest BCUT2D eigenvalue weighted by Crippen LogP contribution is 2.30. The largest absolute Gasteiger partial charge is 0.478 e. The molecule has 0 atom stereocenters. The van der Waals surface area contributed by atoms with Crippen LogP contribution in [0.3, 0.4) is 0 Å². The first-order valence-electron chi connectivity index (χ1n) is 9.03. The van der Waals surface area contributed by atoms with E-state index in [2.05, 4.69) is 6.92 Å². The normalized spacial score (nSPS) is 11.0. The molecule has 0 aliphatic heterocycles. The number of ketones is 1. The van der Waals surface area contributed by atoms with Crippen LogP contribution in [0.4, 0.5) is 0 Å². The van der Waals surface area contributed by atoms with Gasteiger partial charge in [0, 0.05) is 23.3 Å². The molecule has 27 heavy (non-hydrogen) atoms. The second kappa shape index (κ2) is 8.40. The molecule has 0 unspecified atom stereocenters. The zero-order chi connectivity index (χ0) is 19.4. The molecular formula is C22H21ClO4. The number of hydrogen-bond donors (Lipinski definition) is 1. The minimum absolute atomic E-state index is 0.136. The molecule has 3 rings (SSSR count). The van der Waals surface area contributed by atoms with Crippen LogP contribution >= 0.6 is 11.6 Å². The average molecular weight is 385 g/mol. The Kier molecular flexibility index (Phi) is 5.97. The highest BCUT2D eigenvalue weighted by atomic mass is 35.5. The van der Waals surface area contributed by atoms with Gasteiger partial charge in [-0.2, -0.15) is 0 Å². The van der Waals surface area contributed by atoms with Gasteiger partial charge in [-0.1, -0.05) is 37.6 Å². The Balaban J connectivity index is 2.09. The summed E-state index contributed by atoms with van der Waals surface area (Å²) in [6, 6.07) is 12.0. The summed E-state index contributed by atoms with van der Waals surface area (Å²) in [7, 11) is 0. The molecule has 0 saturated carbocycles. The van der Waals surface area contributed by atoms with Crippen LogP contribution in [0.15, 0.2) is 46.9 Å². The van der Waals surface area contributed by atoms with E-state index in [9.17, 15) is 14.7 Å². The maximum Gasteiger partial charge on any atom is 0.335 e. The lowest BCUT2D eigenvalue weighted by Crippen LogP contribution is -2.05. The van der Waals surface area contributed by atoms with Gasteiger partial charge in [-0.05, 0) is 36.6 Å². The molecule has 0 aliphatic carbocycles. The minimum atomic E-state index is -1.03. The first-order chi connectivity index (χ1) is 13.0. The van der Waals surface area contributed by atoms with E-state index in [1.807, 2.05) is 12.1 Å². The van der Waals surface area contributed by atoms with Gasteiger partial charge in [-0.15, -0.1) is 11.6 Å². The molecule has 2 aromatic carbocycles. The van der Waals surface area contributed by atoms with E-state index < -0.39 is 5.97 Å². The van der Waals surface area contributed by atoms with Gasteiger partial charge in [0.2, 0.25) is 0 Å². The van der Waals surface area contributed by atoms with Crippen LogP contribution in [0.1, 0.15) is 57.4 Å². The Morgan fingerprint density at radius 1 is 1.04 bits per heavy atom. The summed E-state index contributed by atoms with van der Waals surface area (Å²) in [5.41, 5.74) is 2.75. The zero-order valence-corrected chi connectivity index (χ0v) is 15.9. The number of alkyl halides is 1. The number of fused-ring (bicyclic) bond motifs is 1. The number of rotatable bonds is 8. The Morgan fingerprint density at radius 3 is 2.37 bits per heavy atom. The lowest BCUT2D eigenvalue weighted by Gasteiger charge is -2.05. The zero-order valence-electron chi connectivity index (χ0n) is 15.1. The molecule has 140 valence electrons. The highest BCUT2D eigenvalue weighted by molar-refractivity contribution is 6.18. The average Bonchev–Trinajstić information content (AvgIpc) is 3.04. The van der Waals surface area contributed by atoms with Crippen LogP contribution in [0.5, 0.6) is 0 Å². The monoisotopic (exact) mass is 384 g/mol. The summed E-state index contributed by atoms with van der Waals surface area (Å²) in [4.78, 5) is 24.6. The quantitative estimate of drug-likeness (QED) is 0.412. The van der Waals surface area contributed by atoms with Gasteiger partial charge < -0.3 is 9.52 Å². The Morgan fingerprint density at radius 2 is 1.74 bits per heavy atom. The third-order valence-electron chi connectivity index (χ3n) is 4.59. The summed E-state index contributed by atoms with van der Waals surface area (Å²) < 4.78 is 5.91. The summed E-state index contributed by atoms with van der Waals surface area (Å²) in [5.74, 6) is -0.0419. The predicted molar refractivity (Wildman–Crippen MR) is 106 cm³/mol. The molecule has 0 bridgehead atoms. The molecular weight excluding hydrogens is 364 g/mol. The first kappa shape index (κ1) is 19.2. The van der Waals surface area contributed by atoms with Crippen LogP contribution in [-0.2, 0) is 12.8 Å². The fourth-order valence-electron chi connectivity index (χ4n) is 3.12. The van der Waals surface area contributed by atoms with Crippen molar-refractivity contribution in [2.45, 2.75) is 32.6 Å². The minimum Gasteiger partial charge on any atom is -0.478 e. The molecule has 1 heterocycles. The molecule has 0 aliphatic rings. The third-order valence-corrected chi connectivity index (χ3v) is 4.78.